The molecule has 8 rings (SSSR count). The van der Waals surface area contributed by atoms with Crippen LogP contribution in [0.15, 0.2) is 90.1 Å². The fourth-order valence-corrected chi connectivity index (χ4v) is 8.69. The number of hydrogen-bond acceptors (Lipinski definition) is 11. The molecule has 3 N–H and O–H groups in total. The molecule has 3 aromatic carbocycles. The molecule has 280 valence electrons. The Morgan fingerprint density at radius 1 is 1.00 bits per heavy atom. The third kappa shape index (κ3) is 7.47. The summed E-state index contributed by atoms with van der Waals surface area (Å²) >= 11 is 0. The maximum absolute atomic E-state index is 13.8. The Morgan fingerprint density at radius 3 is 2.63 bits per heavy atom. The molecular weight excluding hydrogens is 711 g/mol. The van der Waals surface area contributed by atoms with Crippen molar-refractivity contribution in [2.45, 2.75) is 36.6 Å². The van der Waals surface area contributed by atoms with Gasteiger partial charge in [-0.05, 0) is 79.1 Å². The molecule has 0 spiro atoms. The Labute approximate surface area is 312 Å². The van der Waals surface area contributed by atoms with Crippen molar-refractivity contribution >= 4 is 44.0 Å². The quantitative estimate of drug-likeness (QED) is 0.106. The summed E-state index contributed by atoms with van der Waals surface area (Å²) < 4.78 is 40.9. The van der Waals surface area contributed by atoms with Gasteiger partial charge in [-0.1, -0.05) is 24.3 Å². The van der Waals surface area contributed by atoms with Crippen LogP contribution in [0.3, 0.4) is 0 Å². The number of aryl methyl sites for hydroxylation is 1. The molecular formula is C39H41N7O7S. The zero-order valence-electron chi connectivity index (χ0n) is 29.6. The highest BCUT2D eigenvalue weighted by Gasteiger charge is 2.31. The van der Waals surface area contributed by atoms with E-state index in [0.29, 0.717) is 37.2 Å². The van der Waals surface area contributed by atoms with Gasteiger partial charge in [0.05, 0.1) is 21.6 Å². The normalized spacial score (nSPS) is 18.0. The SMILES string of the molecule is O=C(NS(=O)(=O)c1ccc(NCC2CCOCC2)c([N+](=O)[O-])c1)c1ccc(N2CCN(C3CCc4ccccc43)CC2)cc1Oc1cnc2[nH]ccc2c1. The number of fused-ring (bicyclic) bond motifs is 2. The van der Waals surface area contributed by atoms with Gasteiger partial charge in [0.25, 0.3) is 21.6 Å². The summed E-state index contributed by atoms with van der Waals surface area (Å²) in [6.45, 7) is 4.99. The Bertz CT molecular complexity index is 2300. The minimum Gasteiger partial charge on any atom is -0.455 e. The highest BCUT2D eigenvalue weighted by Crippen LogP contribution is 2.37. The van der Waals surface area contributed by atoms with Crippen molar-refractivity contribution in [2.24, 2.45) is 5.92 Å². The third-order valence-corrected chi connectivity index (χ3v) is 12.0. The number of nitrogens with zero attached hydrogens (tertiary/aromatic N) is 4. The molecule has 2 aromatic heterocycles. The molecule has 15 heteroatoms. The monoisotopic (exact) mass is 751 g/mol. The number of nitro groups is 1. The van der Waals surface area contributed by atoms with Crippen LogP contribution in [0.2, 0.25) is 0 Å². The molecule has 54 heavy (non-hydrogen) atoms. The molecule has 1 amide bonds. The lowest BCUT2D eigenvalue weighted by Gasteiger charge is -2.39. The Kier molecular flexibility index (Phi) is 9.92. The number of amides is 1. The van der Waals surface area contributed by atoms with Crippen LogP contribution >= 0.6 is 0 Å². The fraction of sp³-hybridized carbons (Fsp3) is 0.333. The van der Waals surface area contributed by atoms with E-state index in [9.17, 15) is 23.3 Å². The zero-order valence-corrected chi connectivity index (χ0v) is 30.4. The van der Waals surface area contributed by atoms with E-state index in [0.717, 1.165) is 69.0 Å². The molecule has 1 atom stereocenters. The van der Waals surface area contributed by atoms with Crippen LogP contribution < -0.4 is 19.7 Å². The summed E-state index contributed by atoms with van der Waals surface area (Å²) in [5.74, 6) is -0.159. The summed E-state index contributed by atoms with van der Waals surface area (Å²) in [5, 5.41) is 15.9. The number of ether oxygens (including phenoxy) is 2. The van der Waals surface area contributed by atoms with Crippen LogP contribution in [0.1, 0.15) is 46.8 Å². The number of rotatable bonds is 11. The van der Waals surface area contributed by atoms with Gasteiger partial charge >= 0.3 is 0 Å². The molecule has 0 radical (unpaired) electrons. The van der Waals surface area contributed by atoms with Gasteiger partial charge in [0.15, 0.2) is 0 Å². The lowest BCUT2D eigenvalue weighted by Crippen LogP contribution is -2.47. The molecule has 1 aliphatic carbocycles. The second-order valence-electron chi connectivity index (χ2n) is 14.0. The second kappa shape index (κ2) is 15.1. The molecule has 0 saturated carbocycles. The molecule has 5 aromatic rings. The molecule has 1 unspecified atom stereocenters. The number of anilines is 2. The van der Waals surface area contributed by atoms with Crippen molar-refractivity contribution in [1.82, 2.24) is 19.6 Å². The first-order valence-electron chi connectivity index (χ1n) is 18.2. The number of carbonyl (C=O) groups excluding carboxylic acids is 1. The fourth-order valence-electron chi connectivity index (χ4n) is 7.71. The highest BCUT2D eigenvalue weighted by atomic mass is 32.2. The highest BCUT2D eigenvalue weighted by molar-refractivity contribution is 7.90. The van der Waals surface area contributed by atoms with E-state index in [1.54, 1.807) is 30.5 Å². The Morgan fingerprint density at radius 2 is 1.81 bits per heavy atom. The minimum absolute atomic E-state index is 0.0260. The number of hydrogen-bond donors (Lipinski definition) is 3. The largest absolute Gasteiger partial charge is 0.455 e. The predicted octanol–water partition coefficient (Wildman–Crippen LogP) is 6.03. The third-order valence-electron chi connectivity index (χ3n) is 10.7. The van der Waals surface area contributed by atoms with E-state index in [2.05, 4.69) is 54.1 Å². The van der Waals surface area contributed by atoms with Crippen LogP contribution in [0.5, 0.6) is 11.5 Å². The first-order valence-corrected chi connectivity index (χ1v) is 19.7. The Hall–Kier alpha value is -5.51. The number of pyridine rings is 1. The standard InChI is InChI=1S/C39H41N7O7S/c47-39(43-54(50,51)31-7-9-34(36(23-31)46(48)49)41-24-26-12-19-52-20-13-26)33-8-6-29(22-37(33)53-30-21-28-11-14-40-38(28)42-25-30)44-15-17-45(18-16-44)35-10-5-27-3-1-2-4-32(27)35/h1-4,6-9,11,14,21-23,25-26,35,41H,5,10,12-13,15-20,24H2,(H,40,42)(H,43,47). The number of benzene rings is 3. The van der Waals surface area contributed by atoms with E-state index in [1.807, 2.05) is 6.07 Å². The molecule has 2 fully saturated rings. The van der Waals surface area contributed by atoms with Crippen molar-refractivity contribution in [2.75, 3.05) is 56.2 Å². The van der Waals surface area contributed by atoms with Gasteiger partial charge in [-0.2, -0.15) is 0 Å². The van der Waals surface area contributed by atoms with Gasteiger partial charge in [0.1, 0.15) is 22.8 Å². The molecule has 2 saturated heterocycles. The van der Waals surface area contributed by atoms with E-state index >= 15 is 0 Å². The van der Waals surface area contributed by atoms with E-state index in [1.165, 1.54) is 29.5 Å². The first-order chi connectivity index (χ1) is 26.2. The lowest BCUT2D eigenvalue weighted by molar-refractivity contribution is -0.384. The van der Waals surface area contributed by atoms with Crippen LogP contribution in [0, 0.1) is 16.0 Å². The number of nitro benzene ring substituents is 1. The van der Waals surface area contributed by atoms with Gasteiger partial charge in [-0.3, -0.25) is 19.8 Å². The van der Waals surface area contributed by atoms with E-state index in [4.69, 9.17) is 9.47 Å². The van der Waals surface area contributed by atoms with Crippen LogP contribution in [-0.2, 0) is 21.2 Å². The van der Waals surface area contributed by atoms with Crippen LogP contribution in [-0.4, -0.2) is 80.1 Å². The average Bonchev–Trinajstić information content (AvgIpc) is 3.84. The summed E-state index contributed by atoms with van der Waals surface area (Å²) in [5.41, 5.74) is 4.09. The van der Waals surface area contributed by atoms with Crippen molar-refractivity contribution in [3.63, 3.8) is 0 Å². The summed E-state index contributed by atoms with van der Waals surface area (Å²) in [6, 6.07) is 21.3. The molecule has 4 heterocycles. The number of nitrogens with one attached hydrogen (secondary N) is 3. The van der Waals surface area contributed by atoms with Crippen LogP contribution in [0.25, 0.3) is 11.0 Å². The maximum atomic E-state index is 13.8. The van der Waals surface area contributed by atoms with Crippen molar-refractivity contribution < 1.29 is 27.6 Å². The number of aromatic amines is 1. The van der Waals surface area contributed by atoms with Crippen molar-refractivity contribution in [3.8, 4) is 11.5 Å². The predicted molar refractivity (Wildman–Crippen MR) is 204 cm³/mol. The second-order valence-corrected chi connectivity index (χ2v) is 15.6. The van der Waals surface area contributed by atoms with Gasteiger partial charge in [-0.15, -0.1) is 0 Å². The van der Waals surface area contributed by atoms with Gasteiger partial charge in [0, 0.05) is 81.4 Å². The number of H-pyrrole nitrogens is 1. The van der Waals surface area contributed by atoms with E-state index in [-0.39, 0.29) is 22.9 Å². The van der Waals surface area contributed by atoms with Crippen molar-refractivity contribution in [3.05, 3.63) is 112 Å². The topological polar surface area (TPSA) is 172 Å². The van der Waals surface area contributed by atoms with Gasteiger partial charge in [-0.25, -0.2) is 18.1 Å². The Balaban J connectivity index is 1.02. The molecule has 3 aliphatic rings. The molecule has 2 aliphatic heterocycles. The summed E-state index contributed by atoms with van der Waals surface area (Å²) in [6.07, 6.45) is 7.13. The average molecular weight is 752 g/mol. The smallest absolute Gasteiger partial charge is 0.293 e. The van der Waals surface area contributed by atoms with Gasteiger partial charge in [0.2, 0.25) is 0 Å². The minimum atomic E-state index is -4.53. The van der Waals surface area contributed by atoms with Crippen molar-refractivity contribution in [1.29, 1.82) is 0 Å². The first kappa shape index (κ1) is 35.5. The summed E-state index contributed by atoms with van der Waals surface area (Å²) in [7, 11) is -4.53. The van der Waals surface area contributed by atoms with Crippen LogP contribution in [0.4, 0.5) is 17.1 Å². The lowest BCUT2D eigenvalue weighted by atomic mass is 10.0. The van der Waals surface area contributed by atoms with Gasteiger partial charge < -0.3 is 24.7 Å². The maximum Gasteiger partial charge on any atom is 0.293 e. The number of sulfonamides is 1. The zero-order chi connectivity index (χ0) is 37.2. The molecule has 14 nitrogen and oxygen atoms in total. The number of piperazine rings is 1. The number of aromatic nitrogens is 2. The molecule has 0 bridgehead atoms. The number of carbonyl (C=O) groups is 1. The van der Waals surface area contributed by atoms with E-state index < -0.39 is 31.4 Å². The summed E-state index contributed by atoms with van der Waals surface area (Å²) in [4.78, 5) is 36.9.